The van der Waals surface area contributed by atoms with Gasteiger partial charge in [-0.1, -0.05) is 46.8 Å². The van der Waals surface area contributed by atoms with Gasteiger partial charge in [-0.25, -0.2) is 13.1 Å². The number of carbonyl (C=O) groups excluding carboxylic acids is 2. The van der Waals surface area contributed by atoms with Crippen LogP contribution in [0.2, 0.25) is 0 Å². The van der Waals surface area contributed by atoms with Gasteiger partial charge >= 0.3 is 0 Å². The topological polar surface area (TPSA) is 89.5 Å². The average molecular weight is 494 g/mol. The number of aryl methyl sites for hydroxylation is 2. The van der Waals surface area contributed by atoms with Gasteiger partial charge in [0.2, 0.25) is 5.91 Å². The number of ether oxygens (including phenoxy) is 1. The Morgan fingerprint density at radius 2 is 1.64 bits per heavy atom. The van der Waals surface area contributed by atoms with Gasteiger partial charge in [0.1, 0.15) is 16.6 Å². The van der Waals surface area contributed by atoms with Crippen LogP contribution in [-0.2, 0) is 25.0 Å². The van der Waals surface area contributed by atoms with E-state index in [0.717, 1.165) is 28.8 Å². The maximum atomic E-state index is 12.6. The Bertz CT molecular complexity index is 1140. The predicted molar refractivity (Wildman–Crippen MR) is 133 cm³/mol. The molecule has 2 rings (SSSR count). The van der Waals surface area contributed by atoms with Crippen LogP contribution in [0.3, 0.4) is 0 Å². The normalized spacial score (nSPS) is 12.5. The lowest BCUT2D eigenvalue weighted by Gasteiger charge is -2.32. The van der Waals surface area contributed by atoms with E-state index < -0.39 is 21.3 Å². The molecule has 0 spiro atoms. The monoisotopic (exact) mass is 493 g/mol. The van der Waals surface area contributed by atoms with Gasteiger partial charge in [-0.15, -0.1) is 11.3 Å². The fourth-order valence-corrected chi connectivity index (χ4v) is 6.87. The third-order valence-corrected chi connectivity index (χ3v) is 9.51. The van der Waals surface area contributed by atoms with E-state index >= 15 is 0 Å². The van der Waals surface area contributed by atoms with Crippen LogP contribution >= 0.6 is 11.3 Å². The lowest BCUT2D eigenvalue weighted by Crippen LogP contribution is -2.28. The maximum Gasteiger partial charge on any atom is 0.273 e. The number of sulfonamides is 1. The summed E-state index contributed by atoms with van der Waals surface area (Å²) in [6.07, 6.45) is 1.54. The van der Waals surface area contributed by atoms with E-state index in [2.05, 4.69) is 24.6 Å². The molecule has 182 valence electrons. The number of benzene rings is 1. The van der Waals surface area contributed by atoms with Gasteiger partial charge in [0, 0.05) is 22.6 Å². The highest BCUT2D eigenvalue weighted by Crippen LogP contribution is 2.45. The Labute approximate surface area is 201 Å². The van der Waals surface area contributed by atoms with E-state index in [1.54, 1.807) is 6.92 Å². The Kier molecular flexibility index (Phi) is 8.18. The summed E-state index contributed by atoms with van der Waals surface area (Å²) in [6, 6.07) is 7.85. The molecule has 1 aromatic carbocycles. The minimum atomic E-state index is -3.90. The number of rotatable bonds is 9. The molecule has 0 unspecified atom stereocenters. The molecular formula is C25H35NO5S2. The Morgan fingerprint density at radius 1 is 1.03 bits per heavy atom. The van der Waals surface area contributed by atoms with Gasteiger partial charge in [0.05, 0.1) is 0 Å². The van der Waals surface area contributed by atoms with Crippen LogP contribution in [0.25, 0.3) is 0 Å². The molecule has 0 saturated heterocycles. The van der Waals surface area contributed by atoms with Crippen molar-refractivity contribution in [1.82, 2.24) is 4.72 Å². The van der Waals surface area contributed by atoms with Gasteiger partial charge in [0.25, 0.3) is 10.0 Å². The van der Waals surface area contributed by atoms with Crippen LogP contribution in [0.4, 0.5) is 0 Å². The van der Waals surface area contributed by atoms with Crippen LogP contribution in [0.1, 0.15) is 76.0 Å². The summed E-state index contributed by atoms with van der Waals surface area (Å²) >= 11 is 1.21. The average Bonchev–Trinajstić information content (AvgIpc) is 3.10. The first kappa shape index (κ1) is 27.1. The Morgan fingerprint density at radius 3 is 2.12 bits per heavy atom. The standard InChI is InChI=1S/C25H35NO5S2/c1-9-25(10-2,22-14-17(4)23(32-22)33(29,30)26-18(5)27)19-11-12-20(16(3)13-19)31-15-21(28)24(6,7)8/h11-14H,9-10,15H2,1-8H3,(H,26,27). The van der Waals surface area contributed by atoms with E-state index in [1.165, 1.54) is 18.3 Å². The number of carbonyl (C=O) groups is 2. The lowest BCUT2D eigenvalue weighted by atomic mass is 9.74. The van der Waals surface area contributed by atoms with Crippen molar-refractivity contribution in [3.8, 4) is 5.75 Å². The van der Waals surface area contributed by atoms with E-state index in [9.17, 15) is 18.0 Å². The largest absolute Gasteiger partial charge is 0.486 e. The summed E-state index contributed by atoms with van der Waals surface area (Å²) < 4.78 is 33.3. The zero-order valence-electron chi connectivity index (χ0n) is 20.8. The van der Waals surface area contributed by atoms with Crippen molar-refractivity contribution in [3.63, 3.8) is 0 Å². The second kappa shape index (κ2) is 9.97. The molecule has 2 aromatic rings. The van der Waals surface area contributed by atoms with Crippen molar-refractivity contribution in [2.24, 2.45) is 5.41 Å². The molecule has 33 heavy (non-hydrogen) atoms. The highest BCUT2D eigenvalue weighted by molar-refractivity contribution is 7.92. The van der Waals surface area contributed by atoms with Gasteiger partial charge < -0.3 is 4.74 Å². The zero-order chi connectivity index (χ0) is 25.2. The summed E-state index contributed by atoms with van der Waals surface area (Å²) in [6.45, 7) is 14.7. The second-order valence-electron chi connectivity index (χ2n) is 9.47. The third kappa shape index (κ3) is 5.84. The highest BCUT2D eigenvalue weighted by Gasteiger charge is 2.35. The summed E-state index contributed by atoms with van der Waals surface area (Å²) in [5.41, 5.74) is 1.75. The van der Waals surface area contributed by atoms with Crippen LogP contribution in [0, 0.1) is 19.3 Å². The van der Waals surface area contributed by atoms with E-state index in [-0.39, 0.29) is 22.0 Å². The molecule has 0 aliphatic heterocycles. The quantitative estimate of drug-likeness (QED) is 0.513. The molecule has 1 amide bonds. The molecule has 1 aromatic heterocycles. The predicted octanol–water partition coefficient (Wildman–Crippen LogP) is 5.29. The van der Waals surface area contributed by atoms with Crippen molar-refractivity contribution >= 4 is 33.1 Å². The number of hydrogen-bond donors (Lipinski definition) is 1. The maximum absolute atomic E-state index is 12.6. The molecule has 0 radical (unpaired) electrons. The van der Waals surface area contributed by atoms with Crippen molar-refractivity contribution < 1.29 is 22.7 Å². The fourth-order valence-electron chi connectivity index (χ4n) is 3.82. The second-order valence-corrected chi connectivity index (χ2v) is 12.4. The molecule has 6 nitrogen and oxygen atoms in total. The van der Waals surface area contributed by atoms with E-state index in [0.29, 0.717) is 11.3 Å². The number of Topliss-reactive ketones (excluding diaryl/α,β-unsaturated/α-hetero) is 1. The van der Waals surface area contributed by atoms with Crippen LogP contribution in [-0.4, -0.2) is 26.7 Å². The van der Waals surface area contributed by atoms with Crippen LogP contribution in [0.5, 0.6) is 5.75 Å². The molecule has 0 bridgehead atoms. The van der Waals surface area contributed by atoms with E-state index in [1.807, 2.05) is 45.9 Å². The zero-order valence-corrected chi connectivity index (χ0v) is 22.4. The molecule has 0 aliphatic carbocycles. The first-order valence-electron chi connectivity index (χ1n) is 11.1. The number of ketones is 1. The Balaban J connectivity index is 2.46. The minimum Gasteiger partial charge on any atom is -0.486 e. The number of amides is 1. The number of hydrogen-bond acceptors (Lipinski definition) is 6. The smallest absolute Gasteiger partial charge is 0.273 e. The highest BCUT2D eigenvalue weighted by atomic mass is 32.2. The first-order chi connectivity index (χ1) is 15.2. The summed E-state index contributed by atoms with van der Waals surface area (Å²) in [4.78, 5) is 24.6. The van der Waals surface area contributed by atoms with Gasteiger partial charge in [-0.2, -0.15) is 0 Å². The van der Waals surface area contributed by atoms with Crippen LogP contribution in [0.15, 0.2) is 28.5 Å². The van der Waals surface area contributed by atoms with Crippen molar-refractivity contribution in [2.45, 2.75) is 77.9 Å². The molecule has 0 saturated carbocycles. The fraction of sp³-hybridized carbons (Fsp3) is 0.520. The lowest BCUT2D eigenvalue weighted by molar-refractivity contribution is -0.128. The minimum absolute atomic E-state index is 0.0187. The molecule has 1 N–H and O–H groups in total. The number of thiophene rings is 1. The van der Waals surface area contributed by atoms with Crippen molar-refractivity contribution in [3.05, 3.63) is 45.8 Å². The van der Waals surface area contributed by atoms with Gasteiger partial charge in [0.15, 0.2) is 5.78 Å². The molecule has 0 fully saturated rings. The summed E-state index contributed by atoms with van der Waals surface area (Å²) in [5.74, 6) is 0.0795. The molecular weight excluding hydrogens is 458 g/mol. The number of nitrogens with one attached hydrogen (secondary N) is 1. The summed E-state index contributed by atoms with van der Waals surface area (Å²) in [5, 5.41) is 0. The third-order valence-electron chi connectivity index (χ3n) is 6.00. The first-order valence-corrected chi connectivity index (χ1v) is 13.4. The Hall–Kier alpha value is -2.19. The van der Waals surface area contributed by atoms with Crippen molar-refractivity contribution in [1.29, 1.82) is 0 Å². The van der Waals surface area contributed by atoms with E-state index in [4.69, 9.17) is 4.74 Å². The SMILES string of the molecule is CCC(CC)(c1ccc(OCC(=O)C(C)(C)C)c(C)c1)c1cc(C)c(S(=O)(=O)NC(C)=O)s1. The van der Waals surface area contributed by atoms with Gasteiger partial charge in [-0.05, 0) is 55.5 Å². The van der Waals surface area contributed by atoms with Crippen molar-refractivity contribution in [2.75, 3.05) is 6.61 Å². The molecule has 8 heteroatoms. The summed E-state index contributed by atoms with van der Waals surface area (Å²) in [7, 11) is -3.90. The van der Waals surface area contributed by atoms with Gasteiger partial charge in [-0.3, -0.25) is 9.59 Å². The molecule has 1 heterocycles. The molecule has 0 atom stereocenters. The van der Waals surface area contributed by atoms with Crippen LogP contribution < -0.4 is 9.46 Å². The molecule has 0 aliphatic rings.